The van der Waals surface area contributed by atoms with Crippen LogP contribution in [-0.4, -0.2) is 16.1 Å². The number of urea groups is 1. The van der Waals surface area contributed by atoms with E-state index in [0.29, 0.717) is 0 Å². The van der Waals surface area contributed by atoms with Gasteiger partial charge in [0, 0.05) is 17.1 Å². The summed E-state index contributed by atoms with van der Waals surface area (Å²) in [5, 5.41) is 8.44. The predicted octanol–water partition coefficient (Wildman–Crippen LogP) is 1.78. The zero-order valence-corrected chi connectivity index (χ0v) is 12.1. The molecule has 10 radical (unpaired) electrons. The van der Waals surface area contributed by atoms with E-state index in [1.54, 1.807) is 0 Å². The average molecular weight is 318 g/mol. The summed E-state index contributed by atoms with van der Waals surface area (Å²) < 4.78 is 0. The fourth-order valence-electron chi connectivity index (χ4n) is 0.871. The average Bonchev–Trinajstić information content (AvgIpc) is 3.03. The van der Waals surface area contributed by atoms with Crippen molar-refractivity contribution in [3.63, 3.8) is 0 Å². The molecule has 0 heterocycles. The van der Waals surface area contributed by atoms with Gasteiger partial charge < -0.3 is 5.73 Å². The summed E-state index contributed by atoms with van der Waals surface area (Å²) in [7, 11) is 2.70. The maximum absolute atomic E-state index is 9.78. The first-order valence-corrected chi connectivity index (χ1v) is 5.34. The molecule has 0 unspecified atom stereocenters. The molecule has 2 aliphatic carbocycles. The van der Waals surface area contributed by atoms with Crippen LogP contribution < -0.4 is 5.73 Å². The summed E-state index contributed by atoms with van der Waals surface area (Å²) in [4.78, 5) is 19.3. The molecule has 2 amide bonds. The Labute approximate surface area is 132 Å². The largest absolute Gasteiger partial charge is 0.349 e. The van der Waals surface area contributed by atoms with Crippen molar-refractivity contribution < 1.29 is 26.9 Å². The minimum absolute atomic E-state index is 0. The van der Waals surface area contributed by atoms with E-state index < -0.39 is 11.1 Å². The number of nitrogens with zero attached hydrogens (tertiary/aromatic N) is 2. The number of rotatable bonds is 1. The molecule has 20 heavy (non-hydrogen) atoms. The molecule has 2 rings (SSSR count). The number of amides is 2. The van der Waals surface area contributed by atoms with Crippen LogP contribution in [0.15, 0.2) is 0 Å². The molecule has 2 aliphatic rings. The molecular weight excluding hydrogens is 302 g/mol. The molecule has 2 fully saturated rings. The van der Waals surface area contributed by atoms with Crippen LogP contribution in [0.3, 0.4) is 0 Å². The van der Waals surface area contributed by atoms with Gasteiger partial charge in [-0.25, -0.2) is 14.9 Å². The van der Waals surface area contributed by atoms with E-state index in [1.165, 1.54) is 5.92 Å². The van der Waals surface area contributed by atoms with E-state index in [4.69, 9.17) is 0 Å². The van der Waals surface area contributed by atoms with Gasteiger partial charge in [0.25, 0.3) is 0 Å². The molecule has 0 atom stereocenters. The zero-order valence-electron chi connectivity index (χ0n) is 11.0. The molecule has 0 aromatic rings. The van der Waals surface area contributed by atoms with Gasteiger partial charge in [0.2, 0.25) is 0 Å². The van der Waals surface area contributed by atoms with Crippen LogP contribution >= 0.6 is 0 Å². The Hall–Kier alpha value is -0.811. The van der Waals surface area contributed by atoms with E-state index in [2.05, 4.69) is 32.5 Å². The second-order valence-corrected chi connectivity index (χ2v) is 3.40. The smallest absolute Gasteiger partial charge is 0.341 e. The first-order chi connectivity index (χ1) is 8.95. The van der Waals surface area contributed by atoms with Gasteiger partial charge in [0.15, 0.2) is 0 Å². The topological polar surface area (TPSA) is 89.5 Å². The van der Waals surface area contributed by atoms with Crippen LogP contribution in [0.4, 0.5) is 4.79 Å². The van der Waals surface area contributed by atoms with Gasteiger partial charge in [-0.15, -0.1) is 0 Å². The molecule has 0 saturated heterocycles. The summed E-state index contributed by atoms with van der Waals surface area (Å²) in [5.74, 6) is 1.34. The van der Waals surface area contributed by atoms with Crippen molar-refractivity contribution in [3.05, 3.63) is 80.9 Å². The van der Waals surface area contributed by atoms with Crippen LogP contribution in [-0.2, 0) is 17.1 Å². The summed E-state index contributed by atoms with van der Waals surface area (Å²) in [6.07, 6.45) is 18.2. The van der Waals surface area contributed by atoms with E-state index in [0.717, 1.165) is 0 Å². The Morgan fingerprint density at radius 1 is 1.15 bits per heavy atom. The van der Waals surface area contributed by atoms with Crippen LogP contribution in [0.25, 0.3) is 0 Å². The fraction of sp³-hybridized carbons (Fsp3) is 0.0769. The number of primary amides is 1. The van der Waals surface area contributed by atoms with Gasteiger partial charge in [-0.2, -0.15) is 12.1 Å². The van der Waals surface area contributed by atoms with E-state index in [1.807, 2.05) is 44.9 Å². The van der Waals surface area contributed by atoms with Crippen molar-refractivity contribution >= 4 is 6.03 Å². The molecule has 2 saturated carbocycles. The van der Waals surface area contributed by atoms with Crippen LogP contribution in [0, 0.1) is 80.9 Å². The van der Waals surface area contributed by atoms with Crippen LogP contribution in [0.1, 0.15) is 6.92 Å². The second-order valence-electron chi connectivity index (χ2n) is 3.40. The molecule has 0 aromatic carbocycles. The maximum Gasteiger partial charge on any atom is 0.341 e. The summed E-state index contributed by atoms with van der Waals surface area (Å²) in [6, 6.07) is -1.19. The number of carbonyl (C=O) groups excluding carboxylic acids is 1. The molecule has 7 heteroatoms. The van der Waals surface area contributed by atoms with Crippen molar-refractivity contribution in [2.24, 2.45) is 5.73 Å². The second kappa shape index (κ2) is 13.2. The van der Waals surface area contributed by atoms with Gasteiger partial charge >= 0.3 is 6.03 Å². The maximum atomic E-state index is 9.78. The molecular formula is C13H16FeN3O3-. The van der Waals surface area contributed by atoms with Gasteiger partial charge in [-0.05, 0) is 63.7 Å². The number of hydrogen-bond acceptors (Lipinski definition) is 3. The predicted molar refractivity (Wildman–Crippen MR) is 71.4 cm³/mol. The Bertz CT molecular complexity index is 246. The standard InChI is InChI=1S/C6H7.C5H5.C2H4N3O3.Fe/c1-6-4-2-3-5-6;1-2-4-5-3-1;1-4(2(3)6)5(7)8;/h2-5H,1H3;1-5H;1H2,(H2,3,6);/q;;-1;. The fourth-order valence-corrected chi connectivity index (χ4v) is 0.871. The number of carbonyl (C=O) groups is 1. The molecule has 0 bridgehead atoms. The Kier molecular flexibility index (Phi) is 14.2. The molecule has 0 aromatic heterocycles. The Morgan fingerprint density at radius 3 is 1.60 bits per heavy atom. The molecule has 110 valence electrons. The number of hydrazine groups is 1. The quantitative estimate of drug-likeness (QED) is 0.346. The van der Waals surface area contributed by atoms with Crippen molar-refractivity contribution in [2.75, 3.05) is 0 Å². The van der Waals surface area contributed by atoms with Crippen LogP contribution in [0.2, 0.25) is 0 Å². The van der Waals surface area contributed by atoms with Gasteiger partial charge in [-0.3, -0.25) is 0 Å². The van der Waals surface area contributed by atoms with Crippen molar-refractivity contribution in [2.45, 2.75) is 6.92 Å². The van der Waals surface area contributed by atoms with Crippen molar-refractivity contribution in [1.82, 2.24) is 5.01 Å². The number of nitro groups is 1. The molecule has 6 nitrogen and oxygen atoms in total. The third-order valence-electron chi connectivity index (χ3n) is 1.84. The monoisotopic (exact) mass is 318 g/mol. The minimum atomic E-state index is -1.19. The van der Waals surface area contributed by atoms with E-state index >= 15 is 0 Å². The first-order valence-electron chi connectivity index (χ1n) is 5.34. The number of nitrogens with two attached hydrogens (primary N) is 1. The molecule has 0 aliphatic heterocycles. The third kappa shape index (κ3) is 12.2. The molecule has 2 N–H and O–H groups in total. The van der Waals surface area contributed by atoms with Gasteiger partial charge in [-0.1, -0.05) is 6.92 Å². The minimum Gasteiger partial charge on any atom is -0.349 e. The SMILES string of the molecule is C[C]1[CH][CH][CH][CH]1.[CH2-]N(C(N)=O)[N+](=O)[O-].[CH]1[CH][CH][CH][CH]1.[Fe]. The molecule has 0 spiro atoms. The summed E-state index contributed by atoms with van der Waals surface area (Å²) in [6.45, 7) is 2.08. The summed E-state index contributed by atoms with van der Waals surface area (Å²) >= 11 is 0. The van der Waals surface area contributed by atoms with E-state index in [9.17, 15) is 14.9 Å². The van der Waals surface area contributed by atoms with Crippen LogP contribution in [0.5, 0.6) is 0 Å². The number of hydrogen-bond donors (Lipinski definition) is 1. The zero-order chi connectivity index (χ0) is 14.7. The Balaban J connectivity index is 0. The summed E-state index contributed by atoms with van der Waals surface area (Å²) in [5.41, 5.74) is 4.42. The van der Waals surface area contributed by atoms with Gasteiger partial charge in [0.1, 0.15) is 5.03 Å². The van der Waals surface area contributed by atoms with Gasteiger partial charge in [0.05, 0.1) is 0 Å². The van der Waals surface area contributed by atoms with Crippen molar-refractivity contribution in [1.29, 1.82) is 0 Å². The van der Waals surface area contributed by atoms with E-state index in [-0.39, 0.29) is 22.1 Å². The Morgan fingerprint density at radius 2 is 1.50 bits per heavy atom. The first kappa shape index (κ1) is 21.5. The normalized spacial score (nSPS) is 16.9. The third-order valence-corrected chi connectivity index (χ3v) is 1.84. The van der Waals surface area contributed by atoms with Crippen molar-refractivity contribution in [3.8, 4) is 0 Å².